The molecule has 0 spiro atoms. The van der Waals surface area contributed by atoms with Crippen LogP contribution in [0.1, 0.15) is 116 Å². The van der Waals surface area contributed by atoms with Gasteiger partial charge in [0.25, 0.3) is 0 Å². The molecule has 0 radical (unpaired) electrons. The standard InChI is InChI=1S/C42H54O6/c1-37(2,31-22-16-13-17-23-31)43-46-40(7,8)34-28-35(41(9,10)47-44-38(3,4)32-24-18-14-19-25-32)30-36(29-34)42(11,12)48-45-39(5,6)33-26-20-15-21-27-33/h13-30H,1-12H3. The first kappa shape index (κ1) is 37.5. The molecule has 6 nitrogen and oxygen atoms in total. The van der Waals surface area contributed by atoms with Crippen molar-refractivity contribution >= 4 is 0 Å². The Morgan fingerprint density at radius 2 is 0.417 bits per heavy atom. The van der Waals surface area contributed by atoms with Crippen molar-refractivity contribution in [1.82, 2.24) is 0 Å². The van der Waals surface area contributed by atoms with Crippen LogP contribution in [0.4, 0.5) is 0 Å². The van der Waals surface area contributed by atoms with Crippen molar-refractivity contribution in [1.29, 1.82) is 0 Å². The summed E-state index contributed by atoms with van der Waals surface area (Å²) in [5, 5.41) is 0. The Morgan fingerprint density at radius 1 is 0.250 bits per heavy atom. The first-order valence-electron chi connectivity index (χ1n) is 16.7. The van der Waals surface area contributed by atoms with E-state index in [9.17, 15) is 0 Å². The third-order valence-electron chi connectivity index (χ3n) is 8.80. The quantitative estimate of drug-likeness (QED) is 0.0939. The van der Waals surface area contributed by atoms with Crippen molar-refractivity contribution in [3.8, 4) is 0 Å². The van der Waals surface area contributed by atoms with Gasteiger partial charge in [0.05, 0.1) is 0 Å². The lowest BCUT2D eigenvalue weighted by atomic mass is 9.85. The highest BCUT2D eigenvalue weighted by Crippen LogP contribution is 2.40. The Bertz CT molecular complexity index is 1400. The maximum absolute atomic E-state index is 6.27. The zero-order valence-electron chi connectivity index (χ0n) is 30.8. The van der Waals surface area contributed by atoms with E-state index < -0.39 is 33.6 Å². The number of benzene rings is 4. The molecule has 258 valence electrons. The zero-order valence-corrected chi connectivity index (χ0v) is 30.8. The van der Waals surface area contributed by atoms with Gasteiger partial charge in [-0.1, -0.05) is 91.0 Å². The third-order valence-corrected chi connectivity index (χ3v) is 8.80. The van der Waals surface area contributed by atoms with E-state index in [0.29, 0.717) is 0 Å². The van der Waals surface area contributed by atoms with E-state index >= 15 is 0 Å². The van der Waals surface area contributed by atoms with Gasteiger partial charge in [-0.05, 0) is 135 Å². The van der Waals surface area contributed by atoms with Crippen LogP contribution in [0.25, 0.3) is 0 Å². The molecule has 0 aliphatic rings. The number of rotatable bonds is 15. The molecule has 0 aliphatic heterocycles. The normalized spacial score (nSPS) is 13.5. The maximum atomic E-state index is 6.27. The summed E-state index contributed by atoms with van der Waals surface area (Å²) in [6, 6.07) is 36.3. The van der Waals surface area contributed by atoms with E-state index in [1.54, 1.807) is 0 Å². The minimum atomic E-state index is -0.864. The lowest BCUT2D eigenvalue weighted by Gasteiger charge is -2.36. The first-order chi connectivity index (χ1) is 22.3. The number of hydrogen-bond acceptors (Lipinski definition) is 6. The van der Waals surface area contributed by atoms with Gasteiger partial charge in [0.15, 0.2) is 0 Å². The molecular weight excluding hydrogens is 600 g/mol. The summed E-state index contributed by atoms with van der Waals surface area (Å²) in [6.07, 6.45) is 0. The molecule has 0 aliphatic carbocycles. The molecular formula is C42H54O6. The van der Waals surface area contributed by atoms with Crippen molar-refractivity contribution < 1.29 is 29.3 Å². The molecule has 0 atom stereocenters. The van der Waals surface area contributed by atoms with Crippen molar-refractivity contribution in [2.45, 2.75) is 117 Å². The molecule has 0 amide bonds. The molecule has 0 heterocycles. The molecule has 4 aromatic carbocycles. The second-order valence-electron chi connectivity index (χ2n) is 15.5. The van der Waals surface area contributed by atoms with Crippen molar-refractivity contribution in [3.05, 3.63) is 143 Å². The lowest BCUT2D eigenvalue weighted by molar-refractivity contribution is -0.412. The maximum Gasteiger partial charge on any atom is 0.123 e. The van der Waals surface area contributed by atoms with Crippen LogP contribution in [0.5, 0.6) is 0 Å². The summed E-state index contributed by atoms with van der Waals surface area (Å²) in [6.45, 7) is 23.9. The van der Waals surface area contributed by atoms with Gasteiger partial charge in [-0.15, -0.1) is 0 Å². The highest BCUT2D eigenvalue weighted by atomic mass is 17.2. The van der Waals surface area contributed by atoms with Gasteiger partial charge in [-0.3, -0.25) is 0 Å². The van der Waals surface area contributed by atoms with E-state index in [-0.39, 0.29) is 0 Å². The van der Waals surface area contributed by atoms with E-state index in [1.807, 2.05) is 174 Å². The van der Waals surface area contributed by atoms with Crippen LogP contribution in [0, 0.1) is 0 Å². The summed E-state index contributed by atoms with van der Waals surface area (Å²) in [4.78, 5) is 37.3. The highest BCUT2D eigenvalue weighted by Gasteiger charge is 2.37. The Kier molecular flexibility index (Phi) is 11.1. The van der Waals surface area contributed by atoms with Gasteiger partial charge < -0.3 is 0 Å². The first-order valence-corrected chi connectivity index (χ1v) is 16.7. The molecule has 0 fully saturated rings. The van der Waals surface area contributed by atoms with Crippen LogP contribution in [-0.4, -0.2) is 0 Å². The summed E-state index contributed by atoms with van der Waals surface area (Å²) >= 11 is 0. The van der Waals surface area contributed by atoms with Crippen LogP contribution in [0.3, 0.4) is 0 Å². The second-order valence-corrected chi connectivity index (χ2v) is 15.5. The summed E-state index contributed by atoms with van der Waals surface area (Å²) in [5.74, 6) is 0. The number of hydrogen-bond donors (Lipinski definition) is 0. The topological polar surface area (TPSA) is 55.4 Å². The van der Waals surface area contributed by atoms with Crippen LogP contribution in [-0.2, 0) is 62.9 Å². The molecule has 0 aromatic heterocycles. The van der Waals surface area contributed by atoms with Crippen LogP contribution in [0.15, 0.2) is 109 Å². The fourth-order valence-corrected chi connectivity index (χ4v) is 5.10. The Hall–Kier alpha value is -3.36. The van der Waals surface area contributed by atoms with Crippen molar-refractivity contribution in [3.63, 3.8) is 0 Å². The lowest BCUT2D eigenvalue weighted by Crippen LogP contribution is -2.33. The van der Waals surface area contributed by atoms with E-state index in [1.165, 1.54) is 0 Å². The average Bonchev–Trinajstić information content (AvgIpc) is 3.07. The van der Waals surface area contributed by atoms with Gasteiger partial charge in [0.1, 0.15) is 33.6 Å². The molecule has 0 bridgehead atoms. The Morgan fingerprint density at radius 3 is 0.604 bits per heavy atom. The van der Waals surface area contributed by atoms with Crippen LogP contribution < -0.4 is 0 Å². The second kappa shape index (κ2) is 14.2. The van der Waals surface area contributed by atoms with Crippen molar-refractivity contribution in [2.75, 3.05) is 0 Å². The Balaban J connectivity index is 1.67. The van der Waals surface area contributed by atoms with E-state index in [0.717, 1.165) is 33.4 Å². The van der Waals surface area contributed by atoms with Gasteiger partial charge in [-0.25, -0.2) is 29.3 Å². The van der Waals surface area contributed by atoms with Gasteiger partial charge in [0, 0.05) is 0 Å². The SMILES string of the molecule is CC(C)(OOC(C)(C)c1cc(C(C)(C)OOC(C)(C)c2ccccc2)cc(C(C)(C)OOC(C)(C)c2ccccc2)c1)c1ccccc1. The largest absolute Gasteiger partial charge is 0.225 e. The molecule has 4 rings (SSSR count). The van der Waals surface area contributed by atoms with Crippen molar-refractivity contribution in [2.24, 2.45) is 0 Å². The Labute approximate surface area is 288 Å². The monoisotopic (exact) mass is 654 g/mol. The molecule has 0 saturated heterocycles. The van der Waals surface area contributed by atoms with E-state index in [2.05, 4.69) is 18.2 Å². The molecule has 0 unspecified atom stereocenters. The van der Waals surface area contributed by atoms with E-state index in [4.69, 9.17) is 29.3 Å². The smallest absolute Gasteiger partial charge is 0.123 e. The zero-order chi connectivity index (χ0) is 35.4. The van der Waals surface area contributed by atoms with Crippen LogP contribution >= 0.6 is 0 Å². The summed E-state index contributed by atoms with van der Waals surface area (Å²) < 4.78 is 0. The molecule has 4 aromatic rings. The molecule has 0 N–H and O–H groups in total. The fraction of sp³-hybridized carbons (Fsp3) is 0.429. The van der Waals surface area contributed by atoms with Gasteiger partial charge in [-0.2, -0.15) is 0 Å². The van der Waals surface area contributed by atoms with Gasteiger partial charge >= 0.3 is 0 Å². The minimum Gasteiger partial charge on any atom is -0.225 e. The third kappa shape index (κ3) is 9.20. The average molecular weight is 655 g/mol. The van der Waals surface area contributed by atoms with Crippen LogP contribution in [0.2, 0.25) is 0 Å². The van der Waals surface area contributed by atoms with Gasteiger partial charge in [0.2, 0.25) is 0 Å². The minimum absolute atomic E-state index is 0.683. The molecule has 0 saturated carbocycles. The highest BCUT2D eigenvalue weighted by molar-refractivity contribution is 5.38. The fourth-order valence-electron chi connectivity index (χ4n) is 5.10. The summed E-state index contributed by atoms with van der Waals surface area (Å²) in [5.41, 5.74) is 1.01. The molecule has 6 heteroatoms. The molecule has 48 heavy (non-hydrogen) atoms. The predicted octanol–water partition coefficient (Wildman–Crippen LogP) is 11.0. The predicted molar refractivity (Wildman–Crippen MR) is 190 cm³/mol. The summed E-state index contributed by atoms with van der Waals surface area (Å²) in [7, 11) is 0.